The van der Waals surface area contributed by atoms with Crippen LogP contribution in [0.4, 0.5) is 4.79 Å². The summed E-state index contributed by atoms with van der Waals surface area (Å²) in [4.78, 5) is 11.9. The molecule has 1 saturated heterocycles. The normalized spacial score (nSPS) is 22.6. The summed E-state index contributed by atoms with van der Waals surface area (Å²) in [5.41, 5.74) is 0. The highest BCUT2D eigenvalue weighted by molar-refractivity contribution is 7.85. The van der Waals surface area contributed by atoms with Crippen molar-refractivity contribution in [3.8, 4) is 0 Å². The van der Waals surface area contributed by atoms with E-state index in [4.69, 9.17) is 5.11 Å². The van der Waals surface area contributed by atoms with Crippen LogP contribution < -0.4 is 0 Å². The number of hydrogen-bond donors (Lipinski definition) is 1. The molecule has 1 aliphatic heterocycles. The van der Waals surface area contributed by atoms with Gasteiger partial charge in [-0.2, -0.15) is 8.42 Å². The summed E-state index contributed by atoms with van der Waals surface area (Å²) in [5.74, 6) is 0. The summed E-state index contributed by atoms with van der Waals surface area (Å²) in [7, 11) is -3.48. The molecular weight excluding hydrogens is 210 g/mol. The van der Waals surface area contributed by atoms with Crippen molar-refractivity contribution in [2.75, 3.05) is 19.4 Å². The molecule has 1 fully saturated rings. The summed E-state index contributed by atoms with van der Waals surface area (Å²) in [5, 5.41) is 8.73. The van der Waals surface area contributed by atoms with E-state index in [9.17, 15) is 13.2 Å². The van der Waals surface area contributed by atoms with Crippen LogP contribution in [0.25, 0.3) is 0 Å². The monoisotopic (exact) mass is 223 g/mol. The van der Waals surface area contributed by atoms with Gasteiger partial charge < -0.3 is 10.0 Å². The van der Waals surface area contributed by atoms with Gasteiger partial charge in [0.05, 0.1) is 18.9 Å². The molecule has 1 heterocycles. The van der Waals surface area contributed by atoms with E-state index < -0.39 is 16.2 Å². The molecule has 0 spiro atoms. The van der Waals surface area contributed by atoms with Crippen molar-refractivity contribution in [2.45, 2.75) is 18.9 Å². The number of hydrogen-bond acceptors (Lipinski definition) is 4. The van der Waals surface area contributed by atoms with Crippen molar-refractivity contribution in [3.63, 3.8) is 0 Å². The van der Waals surface area contributed by atoms with E-state index in [-0.39, 0.29) is 12.6 Å². The Hall–Kier alpha value is -0.820. The average Bonchev–Trinajstić information content (AvgIpc) is 2.46. The highest BCUT2D eigenvalue weighted by Gasteiger charge is 2.29. The Morgan fingerprint density at radius 3 is 2.79 bits per heavy atom. The van der Waals surface area contributed by atoms with Gasteiger partial charge in [0.2, 0.25) is 0 Å². The highest BCUT2D eigenvalue weighted by Crippen LogP contribution is 2.17. The molecule has 0 aromatic carbocycles. The first-order valence-electron chi connectivity index (χ1n) is 4.24. The number of rotatable bonds is 3. The van der Waals surface area contributed by atoms with E-state index in [0.29, 0.717) is 13.0 Å². The first-order chi connectivity index (χ1) is 6.40. The SMILES string of the molecule is CS(=O)(=O)OC[C@@H]1CCCN1C(=O)O. The zero-order valence-corrected chi connectivity index (χ0v) is 8.66. The first-order valence-corrected chi connectivity index (χ1v) is 6.06. The molecule has 0 aliphatic carbocycles. The third kappa shape index (κ3) is 3.15. The van der Waals surface area contributed by atoms with Gasteiger partial charge in [0, 0.05) is 6.54 Å². The number of nitrogens with zero attached hydrogens (tertiary/aromatic N) is 1. The van der Waals surface area contributed by atoms with Crippen LogP contribution in [0.2, 0.25) is 0 Å². The van der Waals surface area contributed by atoms with Gasteiger partial charge in [-0.1, -0.05) is 0 Å². The van der Waals surface area contributed by atoms with Crippen LogP contribution in [0.15, 0.2) is 0 Å². The van der Waals surface area contributed by atoms with E-state index in [0.717, 1.165) is 12.7 Å². The lowest BCUT2D eigenvalue weighted by Gasteiger charge is -2.20. The molecule has 1 rings (SSSR count). The van der Waals surface area contributed by atoms with E-state index >= 15 is 0 Å². The van der Waals surface area contributed by atoms with Crippen LogP contribution in [-0.4, -0.2) is 50.0 Å². The van der Waals surface area contributed by atoms with Crippen molar-refractivity contribution in [1.29, 1.82) is 0 Å². The summed E-state index contributed by atoms with van der Waals surface area (Å²) < 4.78 is 25.9. The maximum Gasteiger partial charge on any atom is 0.407 e. The fourth-order valence-electron chi connectivity index (χ4n) is 1.46. The van der Waals surface area contributed by atoms with Crippen LogP contribution in [-0.2, 0) is 14.3 Å². The van der Waals surface area contributed by atoms with E-state index in [2.05, 4.69) is 4.18 Å². The van der Waals surface area contributed by atoms with Crippen LogP contribution in [0.5, 0.6) is 0 Å². The standard InChI is InChI=1S/C7H13NO5S/c1-14(11,12)13-5-6-3-2-4-8(6)7(9)10/h6H,2-5H2,1H3,(H,9,10)/t6-/m0/s1. The van der Waals surface area contributed by atoms with Crippen molar-refractivity contribution >= 4 is 16.2 Å². The lowest BCUT2D eigenvalue weighted by atomic mass is 10.2. The quantitative estimate of drug-likeness (QED) is 0.686. The fourth-order valence-corrected chi connectivity index (χ4v) is 1.87. The molecule has 82 valence electrons. The third-order valence-electron chi connectivity index (χ3n) is 2.10. The largest absolute Gasteiger partial charge is 0.465 e. The van der Waals surface area contributed by atoms with Gasteiger partial charge in [0.15, 0.2) is 0 Å². The van der Waals surface area contributed by atoms with E-state index in [1.165, 1.54) is 4.90 Å². The minimum Gasteiger partial charge on any atom is -0.465 e. The van der Waals surface area contributed by atoms with Gasteiger partial charge in [-0.15, -0.1) is 0 Å². The molecule has 1 N–H and O–H groups in total. The van der Waals surface area contributed by atoms with Gasteiger partial charge in [-0.05, 0) is 12.8 Å². The second-order valence-electron chi connectivity index (χ2n) is 3.26. The summed E-state index contributed by atoms with van der Waals surface area (Å²) >= 11 is 0. The molecule has 0 aromatic rings. The Morgan fingerprint density at radius 2 is 2.29 bits per heavy atom. The summed E-state index contributed by atoms with van der Waals surface area (Å²) in [6, 6.07) is -0.331. The zero-order valence-electron chi connectivity index (χ0n) is 7.84. The summed E-state index contributed by atoms with van der Waals surface area (Å²) in [6.07, 6.45) is 1.34. The van der Waals surface area contributed by atoms with Gasteiger partial charge in [-0.25, -0.2) is 4.79 Å². The number of amides is 1. The molecule has 14 heavy (non-hydrogen) atoms. The Labute approximate surface area is 82.6 Å². The Balaban J connectivity index is 2.48. The van der Waals surface area contributed by atoms with Gasteiger partial charge in [0.1, 0.15) is 0 Å². The average molecular weight is 223 g/mol. The second-order valence-corrected chi connectivity index (χ2v) is 4.90. The predicted octanol–water partition coefficient (Wildman–Crippen LogP) is 0.105. The molecule has 0 unspecified atom stereocenters. The van der Waals surface area contributed by atoms with E-state index in [1.54, 1.807) is 0 Å². The van der Waals surface area contributed by atoms with E-state index in [1.807, 2.05) is 0 Å². The zero-order chi connectivity index (χ0) is 10.8. The number of likely N-dealkylation sites (tertiary alicyclic amines) is 1. The van der Waals surface area contributed by atoms with Crippen LogP contribution in [0.1, 0.15) is 12.8 Å². The van der Waals surface area contributed by atoms with Crippen LogP contribution >= 0.6 is 0 Å². The lowest BCUT2D eigenvalue weighted by Crippen LogP contribution is -2.37. The van der Waals surface area contributed by atoms with Gasteiger partial charge in [0.25, 0.3) is 10.1 Å². The molecule has 0 saturated carbocycles. The maximum atomic E-state index is 10.7. The molecule has 1 amide bonds. The molecule has 1 atom stereocenters. The minimum atomic E-state index is -3.48. The maximum absolute atomic E-state index is 10.7. The molecule has 6 nitrogen and oxygen atoms in total. The minimum absolute atomic E-state index is 0.0782. The lowest BCUT2D eigenvalue weighted by molar-refractivity contribution is 0.124. The Kier molecular flexibility index (Phi) is 3.33. The smallest absolute Gasteiger partial charge is 0.407 e. The molecule has 0 bridgehead atoms. The second kappa shape index (κ2) is 4.14. The number of carboxylic acid groups (broad SMARTS) is 1. The first kappa shape index (κ1) is 11.3. The molecule has 1 aliphatic rings. The van der Waals surface area contributed by atoms with Gasteiger partial charge >= 0.3 is 6.09 Å². The summed E-state index contributed by atoms with van der Waals surface area (Å²) in [6.45, 7) is 0.373. The Bertz CT molecular complexity index is 312. The predicted molar refractivity (Wildman–Crippen MR) is 48.5 cm³/mol. The van der Waals surface area contributed by atoms with Crippen LogP contribution in [0, 0.1) is 0 Å². The highest BCUT2D eigenvalue weighted by atomic mass is 32.2. The van der Waals surface area contributed by atoms with Gasteiger partial charge in [-0.3, -0.25) is 4.18 Å². The molecule has 0 radical (unpaired) electrons. The Morgan fingerprint density at radius 1 is 1.64 bits per heavy atom. The van der Waals surface area contributed by atoms with Crippen molar-refractivity contribution in [2.24, 2.45) is 0 Å². The van der Waals surface area contributed by atoms with Crippen molar-refractivity contribution in [3.05, 3.63) is 0 Å². The van der Waals surface area contributed by atoms with Crippen molar-refractivity contribution < 1.29 is 22.5 Å². The third-order valence-corrected chi connectivity index (χ3v) is 2.66. The number of carbonyl (C=O) groups is 1. The molecule has 7 heteroatoms. The molecular formula is C7H13NO5S. The van der Waals surface area contributed by atoms with Crippen LogP contribution in [0.3, 0.4) is 0 Å². The topological polar surface area (TPSA) is 83.9 Å². The molecule has 0 aromatic heterocycles. The fraction of sp³-hybridized carbons (Fsp3) is 0.857. The van der Waals surface area contributed by atoms with Crippen molar-refractivity contribution in [1.82, 2.24) is 4.90 Å².